The van der Waals surface area contributed by atoms with Crippen LogP contribution in [0.15, 0.2) is 59.5 Å². The highest BCUT2D eigenvalue weighted by Crippen LogP contribution is 2.25. The summed E-state index contributed by atoms with van der Waals surface area (Å²) < 4.78 is 25.9. The summed E-state index contributed by atoms with van der Waals surface area (Å²) in [6, 6.07) is 14.9. The first-order valence-electron chi connectivity index (χ1n) is 10.7. The van der Waals surface area contributed by atoms with Gasteiger partial charge in [0.15, 0.2) is 0 Å². The molecule has 1 aliphatic rings. The normalized spacial score (nSPS) is 15.5. The van der Waals surface area contributed by atoms with Gasteiger partial charge in [0, 0.05) is 24.4 Å². The first-order chi connectivity index (χ1) is 14.9. The SMILES string of the molecule is CNS(=O)(=O)c1ccc(/C=C/C(=O)Nc2ccccc2CN(C)C2CCCCC2)cc1. The number of para-hydroxylation sites is 1. The van der Waals surface area contributed by atoms with Crippen LogP contribution in [-0.2, 0) is 21.4 Å². The average molecular weight is 442 g/mol. The fourth-order valence-electron chi connectivity index (χ4n) is 3.92. The first kappa shape index (κ1) is 23.2. The van der Waals surface area contributed by atoms with Crippen molar-refractivity contribution in [2.45, 2.75) is 49.6 Å². The number of hydrogen-bond donors (Lipinski definition) is 2. The molecule has 2 N–H and O–H groups in total. The Hall–Kier alpha value is -2.48. The molecule has 0 saturated heterocycles. The Morgan fingerprint density at radius 1 is 1.06 bits per heavy atom. The molecule has 1 amide bonds. The van der Waals surface area contributed by atoms with E-state index in [4.69, 9.17) is 0 Å². The Kier molecular flexibility index (Phi) is 8.01. The fourth-order valence-corrected chi connectivity index (χ4v) is 4.65. The highest BCUT2D eigenvalue weighted by molar-refractivity contribution is 7.89. The standard InChI is InChI=1S/C24H31N3O3S/c1-25-31(29,30)22-15-12-19(13-16-22)14-17-24(28)26-23-11-7-6-8-20(23)18-27(2)21-9-4-3-5-10-21/h6-8,11-17,21,25H,3-5,9-10,18H2,1-2H3,(H,26,28)/b17-14+. The van der Waals surface area contributed by atoms with Crippen molar-refractivity contribution in [3.63, 3.8) is 0 Å². The van der Waals surface area contributed by atoms with Crippen molar-refractivity contribution >= 4 is 27.7 Å². The van der Waals surface area contributed by atoms with E-state index in [0.29, 0.717) is 6.04 Å². The maximum absolute atomic E-state index is 12.5. The van der Waals surface area contributed by atoms with Gasteiger partial charge in [-0.3, -0.25) is 9.69 Å². The third-order valence-corrected chi connectivity index (χ3v) is 7.21. The van der Waals surface area contributed by atoms with Gasteiger partial charge in [-0.25, -0.2) is 13.1 Å². The van der Waals surface area contributed by atoms with Crippen molar-refractivity contribution in [2.75, 3.05) is 19.4 Å². The van der Waals surface area contributed by atoms with E-state index < -0.39 is 10.0 Å². The van der Waals surface area contributed by atoms with Gasteiger partial charge in [0.1, 0.15) is 0 Å². The smallest absolute Gasteiger partial charge is 0.248 e. The van der Waals surface area contributed by atoms with Crippen LogP contribution < -0.4 is 10.0 Å². The molecule has 0 atom stereocenters. The number of sulfonamides is 1. The highest BCUT2D eigenvalue weighted by atomic mass is 32.2. The first-order valence-corrected chi connectivity index (χ1v) is 12.2. The van der Waals surface area contributed by atoms with Crippen LogP contribution in [0.5, 0.6) is 0 Å². The molecule has 2 aromatic rings. The predicted molar refractivity (Wildman–Crippen MR) is 125 cm³/mol. The molecule has 0 unspecified atom stereocenters. The Balaban J connectivity index is 1.63. The summed E-state index contributed by atoms with van der Waals surface area (Å²) in [4.78, 5) is 15.1. The number of nitrogens with one attached hydrogen (secondary N) is 2. The van der Waals surface area contributed by atoms with Crippen molar-refractivity contribution in [3.8, 4) is 0 Å². The number of anilines is 1. The van der Waals surface area contributed by atoms with E-state index in [1.54, 1.807) is 18.2 Å². The summed E-state index contributed by atoms with van der Waals surface area (Å²) in [5.41, 5.74) is 2.66. The molecular formula is C24H31N3O3S. The van der Waals surface area contributed by atoms with E-state index in [1.165, 1.54) is 57.4 Å². The Morgan fingerprint density at radius 3 is 2.42 bits per heavy atom. The zero-order valence-electron chi connectivity index (χ0n) is 18.2. The van der Waals surface area contributed by atoms with Gasteiger partial charge < -0.3 is 5.32 Å². The van der Waals surface area contributed by atoms with Crippen molar-refractivity contribution in [1.29, 1.82) is 0 Å². The average Bonchev–Trinajstić information content (AvgIpc) is 2.80. The molecule has 0 aliphatic heterocycles. The fraction of sp³-hybridized carbons (Fsp3) is 0.375. The van der Waals surface area contributed by atoms with Gasteiger partial charge in [-0.2, -0.15) is 0 Å². The lowest BCUT2D eigenvalue weighted by molar-refractivity contribution is -0.111. The van der Waals surface area contributed by atoms with E-state index in [2.05, 4.69) is 28.1 Å². The van der Waals surface area contributed by atoms with Gasteiger partial charge in [-0.1, -0.05) is 49.6 Å². The van der Waals surface area contributed by atoms with Gasteiger partial charge >= 0.3 is 0 Å². The van der Waals surface area contributed by atoms with E-state index in [9.17, 15) is 13.2 Å². The molecule has 0 heterocycles. The van der Waals surface area contributed by atoms with Crippen LogP contribution in [0.25, 0.3) is 6.08 Å². The second-order valence-corrected chi connectivity index (χ2v) is 9.85. The minimum absolute atomic E-state index is 0.188. The lowest BCUT2D eigenvalue weighted by Crippen LogP contribution is -2.33. The van der Waals surface area contributed by atoms with Gasteiger partial charge in [0.2, 0.25) is 15.9 Å². The monoisotopic (exact) mass is 441 g/mol. The van der Waals surface area contributed by atoms with Crippen molar-refractivity contribution < 1.29 is 13.2 Å². The Labute approximate surface area is 185 Å². The molecule has 2 aromatic carbocycles. The number of nitrogens with zero attached hydrogens (tertiary/aromatic N) is 1. The summed E-state index contributed by atoms with van der Waals surface area (Å²) in [6.07, 6.45) is 9.52. The van der Waals surface area contributed by atoms with Crippen molar-refractivity contribution in [2.24, 2.45) is 0 Å². The lowest BCUT2D eigenvalue weighted by atomic mass is 9.94. The van der Waals surface area contributed by atoms with Crippen LogP contribution in [0.1, 0.15) is 43.2 Å². The summed E-state index contributed by atoms with van der Waals surface area (Å²) in [6.45, 7) is 0.798. The molecule has 0 bridgehead atoms. The second kappa shape index (κ2) is 10.7. The van der Waals surface area contributed by atoms with Crippen LogP contribution in [0.4, 0.5) is 5.69 Å². The number of amides is 1. The largest absolute Gasteiger partial charge is 0.322 e. The maximum atomic E-state index is 12.5. The molecule has 166 valence electrons. The van der Waals surface area contributed by atoms with Crippen LogP contribution in [0.2, 0.25) is 0 Å². The lowest BCUT2D eigenvalue weighted by Gasteiger charge is -2.31. The second-order valence-electron chi connectivity index (χ2n) is 7.96. The molecule has 1 aliphatic carbocycles. The van der Waals surface area contributed by atoms with Gasteiger partial charge in [-0.05, 0) is 62.3 Å². The summed E-state index contributed by atoms with van der Waals surface area (Å²) in [7, 11) is 0.0650. The van der Waals surface area contributed by atoms with Crippen LogP contribution in [-0.4, -0.2) is 39.4 Å². The maximum Gasteiger partial charge on any atom is 0.248 e. The Morgan fingerprint density at radius 2 is 1.74 bits per heavy atom. The summed E-state index contributed by atoms with van der Waals surface area (Å²) >= 11 is 0. The number of carbonyl (C=O) groups is 1. The predicted octanol–water partition coefficient (Wildman–Crippen LogP) is 4.01. The number of carbonyl (C=O) groups excluding carboxylic acids is 1. The molecule has 3 rings (SSSR count). The third kappa shape index (κ3) is 6.50. The molecule has 0 radical (unpaired) electrons. The topological polar surface area (TPSA) is 78.5 Å². The zero-order valence-corrected chi connectivity index (χ0v) is 19.0. The molecule has 0 aromatic heterocycles. The summed E-state index contributed by atoms with van der Waals surface area (Å²) in [5.74, 6) is -0.223. The Bertz CT molecular complexity index is 1010. The molecular weight excluding hydrogens is 410 g/mol. The highest BCUT2D eigenvalue weighted by Gasteiger charge is 2.19. The van der Waals surface area contributed by atoms with Crippen LogP contribution in [0, 0.1) is 0 Å². The van der Waals surface area contributed by atoms with Crippen molar-refractivity contribution in [1.82, 2.24) is 9.62 Å². The van der Waals surface area contributed by atoms with Gasteiger partial charge in [-0.15, -0.1) is 0 Å². The summed E-state index contributed by atoms with van der Waals surface area (Å²) in [5, 5.41) is 2.98. The quantitative estimate of drug-likeness (QED) is 0.607. The zero-order chi connectivity index (χ0) is 22.3. The van der Waals surface area contributed by atoms with Crippen molar-refractivity contribution in [3.05, 3.63) is 65.7 Å². The molecule has 6 nitrogen and oxygen atoms in total. The number of benzene rings is 2. The number of hydrogen-bond acceptors (Lipinski definition) is 4. The molecule has 31 heavy (non-hydrogen) atoms. The van der Waals surface area contributed by atoms with Gasteiger partial charge in [0.05, 0.1) is 4.90 Å². The molecule has 1 fully saturated rings. The van der Waals surface area contributed by atoms with E-state index >= 15 is 0 Å². The van der Waals surface area contributed by atoms with Gasteiger partial charge in [0.25, 0.3) is 0 Å². The minimum Gasteiger partial charge on any atom is -0.322 e. The van der Waals surface area contributed by atoms with E-state index in [1.807, 2.05) is 18.2 Å². The minimum atomic E-state index is -3.47. The van der Waals surface area contributed by atoms with E-state index in [-0.39, 0.29) is 10.8 Å². The molecule has 1 saturated carbocycles. The van der Waals surface area contributed by atoms with Crippen LogP contribution >= 0.6 is 0 Å². The number of rotatable bonds is 8. The molecule has 0 spiro atoms. The van der Waals surface area contributed by atoms with E-state index in [0.717, 1.165) is 23.4 Å². The van der Waals surface area contributed by atoms with Crippen LogP contribution in [0.3, 0.4) is 0 Å². The molecule has 7 heteroatoms. The third-order valence-electron chi connectivity index (χ3n) is 5.78.